The van der Waals surface area contributed by atoms with E-state index < -0.39 is 0 Å². The van der Waals surface area contributed by atoms with E-state index in [0.29, 0.717) is 18.7 Å². The molecule has 16 heavy (non-hydrogen) atoms. The lowest BCUT2D eigenvalue weighted by Crippen LogP contribution is -2.28. The van der Waals surface area contributed by atoms with Crippen molar-refractivity contribution in [1.82, 2.24) is 4.90 Å². The molecule has 1 atom stereocenters. The molecule has 1 amide bonds. The van der Waals surface area contributed by atoms with Crippen molar-refractivity contribution in [2.24, 2.45) is 0 Å². The normalized spacial score (nSPS) is 20.5. The molecule has 0 spiro atoms. The fourth-order valence-corrected chi connectivity index (χ4v) is 3.24. The van der Waals surface area contributed by atoms with Crippen molar-refractivity contribution in [2.75, 3.05) is 31.2 Å². The summed E-state index contributed by atoms with van der Waals surface area (Å²) in [7, 11) is 0. The molecule has 1 rings (SSSR count). The molecule has 1 N–H and O–H groups in total. The SMILES string of the molecule is CC(=O)SC1CC(=O)N(CCSCCO)C1. The van der Waals surface area contributed by atoms with E-state index in [1.807, 2.05) is 4.90 Å². The molecule has 6 heteroatoms. The van der Waals surface area contributed by atoms with E-state index in [-0.39, 0.29) is 22.9 Å². The number of hydrogen-bond acceptors (Lipinski definition) is 5. The number of rotatable bonds is 6. The van der Waals surface area contributed by atoms with Crippen LogP contribution in [0.15, 0.2) is 0 Å². The largest absolute Gasteiger partial charge is 0.396 e. The molecule has 0 bridgehead atoms. The highest BCUT2D eigenvalue weighted by atomic mass is 32.2. The van der Waals surface area contributed by atoms with Crippen LogP contribution in [0.4, 0.5) is 0 Å². The van der Waals surface area contributed by atoms with Crippen molar-refractivity contribution in [3.05, 3.63) is 0 Å². The summed E-state index contributed by atoms with van der Waals surface area (Å²) >= 11 is 2.90. The van der Waals surface area contributed by atoms with Gasteiger partial charge in [0.25, 0.3) is 0 Å². The van der Waals surface area contributed by atoms with E-state index in [0.717, 1.165) is 12.3 Å². The van der Waals surface area contributed by atoms with Gasteiger partial charge in [0.2, 0.25) is 5.91 Å². The first kappa shape index (κ1) is 13.9. The summed E-state index contributed by atoms with van der Waals surface area (Å²) in [5.41, 5.74) is 0. The first-order chi connectivity index (χ1) is 7.63. The van der Waals surface area contributed by atoms with Crippen molar-refractivity contribution >= 4 is 34.5 Å². The van der Waals surface area contributed by atoms with Crippen LogP contribution < -0.4 is 0 Å². The van der Waals surface area contributed by atoms with E-state index in [1.165, 1.54) is 18.7 Å². The summed E-state index contributed by atoms with van der Waals surface area (Å²) in [6.07, 6.45) is 0.481. The molecule has 92 valence electrons. The minimum absolute atomic E-state index is 0.0781. The van der Waals surface area contributed by atoms with Crippen LogP contribution in [0.25, 0.3) is 0 Å². The molecule has 0 saturated carbocycles. The third kappa shape index (κ3) is 4.76. The van der Waals surface area contributed by atoms with Crippen molar-refractivity contribution in [3.63, 3.8) is 0 Å². The van der Waals surface area contributed by atoms with Crippen LogP contribution in [0.2, 0.25) is 0 Å². The first-order valence-corrected chi connectivity index (χ1v) is 7.30. The predicted molar refractivity (Wildman–Crippen MR) is 67.7 cm³/mol. The van der Waals surface area contributed by atoms with Crippen molar-refractivity contribution < 1.29 is 14.7 Å². The lowest BCUT2D eigenvalue weighted by atomic mass is 10.4. The number of amides is 1. The topological polar surface area (TPSA) is 57.6 Å². The van der Waals surface area contributed by atoms with Crippen molar-refractivity contribution in [1.29, 1.82) is 0 Å². The van der Waals surface area contributed by atoms with E-state index in [2.05, 4.69) is 0 Å². The number of hydrogen-bond donors (Lipinski definition) is 1. The average Bonchev–Trinajstić information content (AvgIpc) is 2.53. The van der Waals surface area contributed by atoms with Crippen LogP contribution in [-0.4, -0.2) is 57.5 Å². The van der Waals surface area contributed by atoms with E-state index in [9.17, 15) is 9.59 Å². The smallest absolute Gasteiger partial charge is 0.223 e. The maximum absolute atomic E-state index is 11.6. The van der Waals surface area contributed by atoms with Gasteiger partial charge in [0.1, 0.15) is 0 Å². The van der Waals surface area contributed by atoms with Gasteiger partial charge in [-0.15, -0.1) is 0 Å². The fraction of sp³-hybridized carbons (Fsp3) is 0.800. The average molecular weight is 263 g/mol. The van der Waals surface area contributed by atoms with Crippen LogP contribution in [0.3, 0.4) is 0 Å². The zero-order valence-corrected chi connectivity index (χ0v) is 11.0. The third-order valence-corrected chi connectivity index (χ3v) is 4.18. The minimum Gasteiger partial charge on any atom is -0.396 e. The van der Waals surface area contributed by atoms with Gasteiger partial charge in [-0.25, -0.2) is 0 Å². The lowest BCUT2D eigenvalue weighted by molar-refractivity contribution is -0.127. The van der Waals surface area contributed by atoms with Gasteiger partial charge in [-0.2, -0.15) is 11.8 Å². The number of carbonyl (C=O) groups excluding carboxylic acids is 2. The number of carbonyl (C=O) groups is 2. The number of nitrogens with zero attached hydrogens (tertiary/aromatic N) is 1. The van der Waals surface area contributed by atoms with Crippen molar-refractivity contribution in [2.45, 2.75) is 18.6 Å². The van der Waals surface area contributed by atoms with Crippen LogP contribution in [0.1, 0.15) is 13.3 Å². The highest BCUT2D eigenvalue weighted by molar-refractivity contribution is 8.14. The van der Waals surface area contributed by atoms with Gasteiger partial charge in [0.15, 0.2) is 5.12 Å². The zero-order chi connectivity index (χ0) is 12.0. The second-order valence-corrected chi connectivity index (χ2v) is 6.31. The molecule has 0 aromatic carbocycles. The Morgan fingerprint density at radius 2 is 2.31 bits per heavy atom. The molecule has 1 aliphatic rings. The first-order valence-electron chi connectivity index (χ1n) is 5.27. The standard InChI is InChI=1S/C10H17NO3S2/c1-8(13)16-9-6-10(14)11(7-9)2-4-15-5-3-12/h9,12H,2-7H2,1H3. The minimum atomic E-state index is 0.0781. The molecule has 1 heterocycles. The van der Waals surface area contributed by atoms with Gasteiger partial charge in [0, 0.05) is 43.2 Å². The monoisotopic (exact) mass is 263 g/mol. The van der Waals surface area contributed by atoms with Gasteiger partial charge < -0.3 is 10.0 Å². The van der Waals surface area contributed by atoms with Crippen LogP contribution in [-0.2, 0) is 9.59 Å². The molecule has 0 aliphatic carbocycles. The van der Waals surface area contributed by atoms with E-state index in [1.54, 1.807) is 11.8 Å². The van der Waals surface area contributed by atoms with Gasteiger partial charge in [-0.3, -0.25) is 9.59 Å². The Morgan fingerprint density at radius 3 is 2.94 bits per heavy atom. The van der Waals surface area contributed by atoms with Gasteiger partial charge in [-0.1, -0.05) is 11.8 Å². The molecule has 4 nitrogen and oxygen atoms in total. The lowest BCUT2D eigenvalue weighted by Gasteiger charge is -2.15. The maximum atomic E-state index is 11.6. The second kappa shape index (κ2) is 7.19. The summed E-state index contributed by atoms with van der Waals surface area (Å²) in [6.45, 7) is 3.12. The molecule has 0 aromatic heterocycles. The fourth-order valence-electron chi connectivity index (χ4n) is 1.61. The Balaban J connectivity index is 2.23. The van der Waals surface area contributed by atoms with Gasteiger partial charge >= 0.3 is 0 Å². The zero-order valence-electron chi connectivity index (χ0n) is 9.35. The molecule has 1 saturated heterocycles. The highest BCUT2D eigenvalue weighted by Gasteiger charge is 2.30. The Hall–Kier alpha value is -0.200. The van der Waals surface area contributed by atoms with Crippen LogP contribution >= 0.6 is 23.5 Å². The second-order valence-electron chi connectivity index (χ2n) is 3.61. The summed E-state index contributed by atoms with van der Waals surface area (Å²) < 4.78 is 0. The Bertz CT molecular complexity index is 260. The van der Waals surface area contributed by atoms with Crippen molar-refractivity contribution in [3.8, 4) is 0 Å². The Morgan fingerprint density at radius 1 is 1.56 bits per heavy atom. The van der Waals surface area contributed by atoms with Crippen LogP contribution in [0, 0.1) is 0 Å². The molecular formula is C10H17NO3S2. The predicted octanol–water partition coefficient (Wildman–Crippen LogP) is 0.593. The Kier molecular flexibility index (Phi) is 6.23. The number of likely N-dealkylation sites (tertiary alicyclic amines) is 1. The number of aliphatic hydroxyl groups is 1. The van der Waals surface area contributed by atoms with Crippen LogP contribution in [0.5, 0.6) is 0 Å². The quantitative estimate of drug-likeness (QED) is 0.711. The summed E-state index contributed by atoms with van der Waals surface area (Å²) in [5.74, 6) is 1.71. The molecule has 1 fully saturated rings. The summed E-state index contributed by atoms with van der Waals surface area (Å²) in [4.78, 5) is 24.3. The molecule has 1 unspecified atom stereocenters. The summed E-state index contributed by atoms with van der Waals surface area (Å²) in [6, 6.07) is 0. The number of thioether (sulfide) groups is 2. The molecule has 1 aliphatic heterocycles. The molecule has 0 aromatic rings. The maximum Gasteiger partial charge on any atom is 0.223 e. The van der Waals surface area contributed by atoms with E-state index >= 15 is 0 Å². The number of aliphatic hydroxyl groups excluding tert-OH is 1. The third-order valence-electron chi connectivity index (χ3n) is 2.25. The molecule has 0 radical (unpaired) electrons. The Labute approximate surface area is 104 Å². The van der Waals surface area contributed by atoms with Gasteiger partial charge in [-0.05, 0) is 0 Å². The van der Waals surface area contributed by atoms with Gasteiger partial charge in [0.05, 0.1) is 6.61 Å². The van der Waals surface area contributed by atoms with E-state index in [4.69, 9.17) is 5.11 Å². The molecular weight excluding hydrogens is 246 g/mol. The summed E-state index contributed by atoms with van der Waals surface area (Å²) in [5, 5.41) is 8.82. The highest BCUT2D eigenvalue weighted by Crippen LogP contribution is 2.24.